The van der Waals surface area contributed by atoms with Gasteiger partial charge >= 0.3 is 0 Å². The number of aliphatic hydroxyl groups is 1. The van der Waals surface area contributed by atoms with Crippen molar-refractivity contribution in [2.45, 2.75) is 26.1 Å². The Labute approximate surface area is 200 Å². The predicted octanol–water partition coefficient (Wildman–Crippen LogP) is 2.16. The van der Waals surface area contributed by atoms with Crippen LogP contribution in [0.2, 0.25) is 0 Å². The molecule has 0 spiro atoms. The second-order valence-corrected chi connectivity index (χ2v) is 7.85. The minimum absolute atomic E-state index is 0.0303. The molecule has 3 N–H and O–H groups in total. The third kappa shape index (κ3) is 5.40. The molecular weight excluding hydrogens is 448 g/mol. The van der Waals surface area contributed by atoms with Gasteiger partial charge in [-0.15, -0.1) is 0 Å². The number of amides is 1. The molecule has 0 saturated heterocycles. The van der Waals surface area contributed by atoms with E-state index < -0.39 is 11.7 Å². The van der Waals surface area contributed by atoms with E-state index in [0.29, 0.717) is 29.0 Å². The molecule has 176 valence electrons. The smallest absolute Gasteiger partial charge is 0.270 e. The maximum Gasteiger partial charge on any atom is 0.270 e. The van der Waals surface area contributed by atoms with E-state index in [2.05, 4.69) is 32.3 Å². The molecule has 4 rings (SSSR count). The number of nitrogens with one attached hydrogen (secondary N) is 2. The number of anilines is 3. The summed E-state index contributed by atoms with van der Waals surface area (Å²) in [6.07, 6.45) is 5.43. The fourth-order valence-electron chi connectivity index (χ4n) is 3.50. The highest BCUT2D eigenvalue weighted by molar-refractivity contribution is 5.98. The van der Waals surface area contributed by atoms with Gasteiger partial charge in [-0.05, 0) is 36.8 Å². The van der Waals surface area contributed by atoms with Crippen molar-refractivity contribution in [3.8, 4) is 6.07 Å². The van der Waals surface area contributed by atoms with Gasteiger partial charge in [-0.25, -0.2) is 4.98 Å². The molecule has 0 aliphatic rings. The molecule has 1 amide bonds. The van der Waals surface area contributed by atoms with E-state index >= 15 is 0 Å². The second-order valence-electron chi connectivity index (χ2n) is 7.85. The molecule has 0 saturated carbocycles. The van der Waals surface area contributed by atoms with Crippen molar-refractivity contribution in [3.05, 3.63) is 83.1 Å². The molecule has 11 heteroatoms. The summed E-state index contributed by atoms with van der Waals surface area (Å²) in [5, 5.41) is 29.4. The number of carbonyl (C=O) groups is 1. The monoisotopic (exact) mass is 470 g/mol. The number of benzene rings is 1. The summed E-state index contributed by atoms with van der Waals surface area (Å²) in [6, 6.07) is 10.4. The van der Waals surface area contributed by atoms with Crippen LogP contribution in [0.1, 0.15) is 18.1 Å². The first-order valence-electron chi connectivity index (χ1n) is 10.7. The van der Waals surface area contributed by atoms with Gasteiger partial charge in [0.25, 0.3) is 5.56 Å². The summed E-state index contributed by atoms with van der Waals surface area (Å²) in [7, 11) is 0. The number of aromatic nitrogens is 5. The van der Waals surface area contributed by atoms with E-state index in [1.165, 1.54) is 22.9 Å². The van der Waals surface area contributed by atoms with Gasteiger partial charge in [-0.2, -0.15) is 15.3 Å². The molecule has 1 aromatic carbocycles. The van der Waals surface area contributed by atoms with E-state index in [1.807, 2.05) is 6.07 Å². The molecule has 1 unspecified atom stereocenters. The normalized spacial score (nSPS) is 11.6. The lowest BCUT2D eigenvalue weighted by atomic mass is 10.1. The van der Waals surface area contributed by atoms with Gasteiger partial charge in [-0.1, -0.05) is 18.7 Å². The van der Waals surface area contributed by atoms with Crippen LogP contribution in [0.5, 0.6) is 0 Å². The van der Waals surface area contributed by atoms with E-state index in [9.17, 15) is 20.0 Å². The average molecular weight is 470 g/mol. The van der Waals surface area contributed by atoms with Gasteiger partial charge in [0.1, 0.15) is 17.3 Å². The van der Waals surface area contributed by atoms with Crippen molar-refractivity contribution in [1.29, 1.82) is 5.26 Å². The predicted molar refractivity (Wildman–Crippen MR) is 130 cm³/mol. The van der Waals surface area contributed by atoms with Crippen molar-refractivity contribution in [3.63, 3.8) is 0 Å². The number of hydrogen-bond acceptors (Lipinski definition) is 8. The van der Waals surface area contributed by atoms with Crippen LogP contribution < -0.4 is 16.2 Å². The number of aliphatic hydroxyl groups excluding tert-OH is 1. The first-order chi connectivity index (χ1) is 16.9. The topological polar surface area (TPSA) is 151 Å². The van der Waals surface area contributed by atoms with Gasteiger partial charge in [0.05, 0.1) is 31.1 Å². The Balaban J connectivity index is 1.71. The molecule has 0 radical (unpaired) electrons. The van der Waals surface area contributed by atoms with Crippen LogP contribution in [0.25, 0.3) is 11.0 Å². The third-order valence-corrected chi connectivity index (χ3v) is 5.01. The largest absolute Gasteiger partial charge is 0.391 e. The molecule has 11 nitrogen and oxygen atoms in total. The van der Waals surface area contributed by atoms with Crippen LogP contribution in [-0.2, 0) is 17.9 Å². The van der Waals surface area contributed by atoms with Crippen LogP contribution in [0.15, 0.2) is 66.4 Å². The highest BCUT2D eigenvalue weighted by Gasteiger charge is 2.13. The average Bonchev–Trinajstić information content (AvgIpc) is 3.26. The highest BCUT2D eigenvalue weighted by atomic mass is 16.3. The minimum Gasteiger partial charge on any atom is -0.391 e. The molecule has 3 aromatic heterocycles. The molecule has 0 bridgehead atoms. The van der Waals surface area contributed by atoms with Crippen molar-refractivity contribution in [2.24, 2.45) is 0 Å². The van der Waals surface area contributed by atoms with Gasteiger partial charge < -0.3 is 15.7 Å². The molecule has 1 atom stereocenters. The Bertz CT molecular complexity index is 1510. The lowest BCUT2D eigenvalue weighted by molar-refractivity contribution is -0.111. The van der Waals surface area contributed by atoms with Crippen molar-refractivity contribution >= 4 is 34.3 Å². The molecule has 35 heavy (non-hydrogen) atoms. The summed E-state index contributed by atoms with van der Waals surface area (Å²) in [5.41, 5.74) is 1.69. The summed E-state index contributed by atoms with van der Waals surface area (Å²) >= 11 is 0. The molecular formula is C24H22N8O3. The van der Waals surface area contributed by atoms with Crippen LogP contribution in [0.3, 0.4) is 0 Å². The quantitative estimate of drug-likeness (QED) is 0.332. The Morgan fingerprint density at radius 3 is 2.89 bits per heavy atom. The van der Waals surface area contributed by atoms with Gasteiger partial charge in [-0.3, -0.25) is 18.8 Å². The van der Waals surface area contributed by atoms with E-state index in [4.69, 9.17) is 0 Å². The SMILES string of the molecule is C=CC(=O)Nc1cccc(Cn2c(=O)c(C#N)cc3cnc(Nc4cnn(CC(C)O)c4)nc32)c1. The molecule has 0 aliphatic carbocycles. The molecule has 0 fully saturated rings. The van der Waals surface area contributed by atoms with Crippen LogP contribution >= 0.6 is 0 Å². The fourth-order valence-corrected chi connectivity index (χ4v) is 3.50. The molecule has 4 aromatic rings. The van der Waals surface area contributed by atoms with Gasteiger partial charge in [0.2, 0.25) is 11.9 Å². The lowest BCUT2D eigenvalue weighted by Crippen LogP contribution is -2.24. The summed E-state index contributed by atoms with van der Waals surface area (Å²) in [6.45, 7) is 5.56. The summed E-state index contributed by atoms with van der Waals surface area (Å²) < 4.78 is 2.98. The third-order valence-electron chi connectivity index (χ3n) is 5.01. The van der Waals surface area contributed by atoms with Crippen LogP contribution in [0.4, 0.5) is 17.3 Å². The Morgan fingerprint density at radius 1 is 1.31 bits per heavy atom. The zero-order chi connectivity index (χ0) is 24.9. The minimum atomic E-state index is -0.549. The number of nitrogens with zero attached hydrogens (tertiary/aromatic N) is 6. The number of fused-ring (bicyclic) bond motifs is 1. The lowest BCUT2D eigenvalue weighted by Gasteiger charge is -2.12. The number of carbonyl (C=O) groups excluding carboxylic acids is 1. The zero-order valence-corrected chi connectivity index (χ0v) is 18.8. The first-order valence-corrected chi connectivity index (χ1v) is 10.7. The van der Waals surface area contributed by atoms with E-state index in [-0.39, 0.29) is 24.0 Å². The number of nitriles is 1. The van der Waals surface area contributed by atoms with Crippen molar-refractivity contribution in [1.82, 2.24) is 24.3 Å². The van der Waals surface area contributed by atoms with E-state index in [1.54, 1.807) is 48.3 Å². The molecule has 0 aliphatic heterocycles. The Morgan fingerprint density at radius 2 is 2.14 bits per heavy atom. The summed E-state index contributed by atoms with van der Waals surface area (Å²) in [4.78, 5) is 33.5. The summed E-state index contributed by atoms with van der Waals surface area (Å²) in [5.74, 6) is -0.115. The maximum absolute atomic E-state index is 13.0. The van der Waals surface area contributed by atoms with Crippen molar-refractivity contribution < 1.29 is 9.90 Å². The Hall–Kier alpha value is -4.82. The first kappa shape index (κ1) is 23.3. The van der Waals surface area contributed by atoms with Crippen LogP contribution in [-0.4, -0.2) is 41.4 Å². The molecule has 3 heterocycles. The standard InChI is InChI=1S/C24H22N8O3/c1-3-21(34)28-19-6-4-5-16(7-19)13-32-22-18(8-17(9-25)23(32)35)10-26-24(30-22)29-20-11-27-31(14-20)12-15(2)33/h3-8,10-11,14-15,33H,1,12-13H2,2H3,(H,28,34)(H,26,29,30). The van der Waals surface area contributed by atoms with Gasteiger partial charge in [0.15, 0.2) is 0 Å². The number of hydrogen-bond donors (Lipinski definition) is 3. The van der Waals surface area contributed by atoms with Gasteiger partial charge in [0, 0.05) is 23.5 Å². The zero-order valence-electron chi connectivity index (χ0n) is 18.8. The number of pyridine rings is 1. The van der Waals surface area contributed by atoms with Crippen molar-refractivity contribution in [2.75, 3.05) is 10.6 Å². The van der Waals surface area contributed by atoms with Crippen LogP contribution in [0, 0.1) is 11.3 Å². The second kappa shape index (κ2) is 9.98. The Kier molecular flexibility index (Phi) is 6.66. The van der Waals surface area contributed by atoms with E-state index in [0.717, 1.165) is 5.56 Å². The fraction of sp³-hybridized carbons (Fsp3) is 0.167. The number of rotatable bonds is 8. The maximum atomic E-state index is 13.0. The highest BCUT2D eigenvalue weighted by Crippen LogP contribution is 2.18.